The number of ketones is 1. The Morgan fingerprint density at radius 3 is 3.06 bits per heavy atom. The second-order valence-corrected chi connectivity index (χ2v) is 5.44. The van der Waals surface area contributed by atoms with E-state index in [1.165, 1.54) is 10.5 Å². The van der Waals surface area contributed by atoms with Gasteiger partial charge in [0.15, 0.2) is 5.78 Å². The molecule has 0 saturated carbocycles. The van der Waals surface area contributed by atoms with Crippen LogP contribution in [0.5, 0.6) is 0 Å². The molecular formula is C14H14O2S. The van der Waals surface area contributed by atoms with Crippen LogP contribution in [0.1, 0.15) is 24.3 Å². The van der Waals surface area contributed by atoms with E-state index in [9.17, 15) is 4.79 Å². The van der Waals surface area contributed by atoms with Crippen molar-refractivity contribution in [3.8, 4) is 0 Å². The Bertz CT molecular complexity index is 479. The molecule has 2 heterocycles. The maximum absolute atomic E-state index is 12.4. The van der Waals surface area contributed by atoms with Gasteiger partial charge < -0.3 is 4.74 Å². The van der Waals surface area contributed by atoms with Crippen molar-refractivity contribution < 1.29 is 9.53 Å². The predicted molar refractivity (Wildman–Crippen MR) is 68.2 cm³/mol. The van der Waals surface area contributed by atoms with Gasteiger partial charge in [-0.05, 0) is 24.5 Å². The molecule has 0 spiro atoms. The van der Waals surface area contributed by atoms with Crippen molar-refractivity contribution in [2.75, 3.05) is 12.4 Å². The van der Waals surface area contributed by atoms with Gasteiger partial charge in [0.05, 0.1) is 18.8 Å². The molecule has 2 nitrogen and oxygen atoms in total. The van der Waals surface area contributed by atoms with Crippen LogP contribution in [0, 0.1) is 0 Å². The summed E-state index contributed by atoms with van der Waals surface area (Å²) in [5, 5.41) is 0. The fraction of sp³-hybridized carbons (Fsp3) is 0.357. The van der Waals surface area contributed by atoms with Crippen molar-refractivity contribution in [1.82, 2.24) is 0 Å². The summed E-state index contributed by atoms with van der Waals surface area (Å²) in [5.41, 5.74) is 2.05. The number of allylic oxidation sites excluding steroid dienone is 1. The molecule has 2 aliphatic heterocycles. The number of carbonyl (C=O) groups excluding carboxylic acids is 1. The Morgan fingerprint density at radius 2 is 2.24 bits per heavy atom. The minimum Gasteiger partial charge on any atom is -0.501 e. The van der Waals surface area contributed by atoms with E-state index in [0.29, 0.717) is 0 Å². The van der Waals surface area contributed by atoms with Crippen molar-refractivity contribution in [3.63, 3.8) is 0 Å². The largest absolute Gasteiger partial charge is 0.501 e. The van der Waals surface area contributed by atoms with Gasteiger partial charge in [-0.3, -0.25) is 4.79 Å². The van der Waals surface area contributed by atoms with Crippen molar-refractivity contribution >= 4 is 17.5 Å². The van der Waals surface area contributed by atoms with Gasteiger partial charge in [-0.25, -0.2) is 0 Å². The maximum atomic E-state index is 12.4. The molecule has 0 radical (unpaired) electrons. The van der Waals surface area contributed by atoms with Gasteiger partial charge >= 0.3 is 0 Å². The zero-order valence-corrected chi connectivity index (χ0v) is 10.3. The van der Waals surface area contributed by atoms with E-state index < -0.39 is 0 Å². The van der Waals surface area contributed by atoms with Crippen LogP contribution in [0.2, 0.25) is 0 Å². The quantitative estimate of drug-likeness (QED) is 0.802. The molecule has 88 valence electrons. The molecule has 0 N–H and O–H groups in total. The highest BCUT2D eigenvalue weighted by molar-refractivity contribution is 7.99. The molecular weight excluding hydrogens is 232 g/mol. The van der Waals surface area contributed by atoms with Crippen LogP contribution in [0.15, 0.2) is 41.0 Å². The first-order valence-corrected chi connectivity index (χ1v) is 6.91. The van der Waals surface area contributed by atoms with E-state index in [0.717, 1.165) is 30.8 Å². The van der Waals surface area contributed by atoms with Gasteiger partial charge in [0.2, 0.25) is 0 Å². The van der Waals surface area contributed by atoms with E-state index in [4.69, 9.17) is 4.74 Å². The first-order chi connectivity index (χ1) is 8.36. The maximum Gasteiger partial charge on any atom is 0.170 e. The average molecular weight is 246 g/mol. The van der Waals surface area contributed by atoms with Crippen LogP contribution < -0.4 is 0 Å². The number of carbonyl (C=O) groups is 1. The van der Waals surface area contributed by atoms with Crippen LogP contribution in [0.25, 0.3) is 0 Å². The summed E-state index contributed by atoms with van der Waals surface area (Å²) in [7, 11) is 0. The van der Waals surface area contributed by atoms with Crippen molar-refractivity contribution in [1.29, 1.82) is 0 Å². The fourth-order valence-corrected chi connectivity index (χ4v) is 3.58. The molecule has 1 unspecified atom stereocenters. The minimum absolute atomic E-state index is 0.0316. The lowest BCUT2D eigenvalue weighted by molar-refractivity contribution is -0.117. The lowest BCUT2D eigenvalue weighted by atomic mass is 9.90. The average Bonchev–Trinajstić information content (AvgIpc) is 2.83. The molecule has 1 aromatic rings. The zero-order chi connectivity index (χ0) is 11.7. The number of hydrogen-bond acceptors (Lipinski definition) is 3. The van der Waals surface area contributed by atoms with Crippen LogP contribution in [-0.2, 0) is 9.53 Å². The minimum atomic E-state index is 0.0316. The lowest BCUT2D eigenvalue weighted by Crippen LogP contribution is -2.17. The van der Waals surface area contributed by atoms with E-state index in [1.807, 2.05) is 12.1 Å². The molecule has 1 aromatic carbocycles. The SMILES string of the molecule is O=C(C1=COCCC1)C1CSc2ccccc21. The monoisotopic (exact) mass is 246 g/mol. The van der Waals surface area contributed by atoms with E-state index >= 15 is 0 Å². The number of ether oxygens (including phenoxy) is 1. The van der Waals surface area contributed by atoms with Crippen LogP contribution in [-0.4, -0.2) is 18.1 Å². The third-order valence-electron chi connectivity index (χ3n) is 3.27. The molecule has 0 aliphatic carbocycles. The molecule has 1 atom stereocenters. The van der Waals surface area contributed by atoms with Crippen molar-refractivity contribution in [2.45, 2.75) is 23.7 Å². The van der Waals surface area contributed by atoms with Crippen LogP contribution in [0.4, 0.5) is 0 Å². The Morgan fingerprint density at radius 1 is 1.35 bits per heavy atom. The summed E-state index contributed by atoms with van der Waals surface area (Å²) in [6, 6.07) is 8.21. The lowest BCUT2D eigenvalue weighted by Gasteiger charge is -2.16. The Kier molecular flexibility index (Phi) is 2.93. The first-order valence-electron chi connectivity index (χ1n) is 5.93. The molecule has 0 saturated heterocycles. The standard InChI is InChI=1S/C14H14O2S/c15-14(10-4-3-7-16-8-10)12-9-17-13-6-2-1-5-11(12)13/h1-2,5-6,8,12H,3-4,7,9H2. The molecule has 0 amide bonds. The summed E-state index contributed by atoms with van der Waals surface area (Å²) < 4.78 is 5.26. The van der Waals surface area contributed by atoms with Gasteiger partial charge in [-0.1, -0.05) is 18.2 Å². The zero-order valence-electron chi connectivity index (χ0n) is 9.52. The summed E-state index contributed by atoms with van der Waals surface area (Å²) in [5.74, 6) is 1.15. The Balaban J connectivity index is 1.87. The number of thioether (sulfide) groups is 1. The second kappa shape index (κ2) is 4.57. The van der Waals surface area contributed by atoms with Gasteiger partial charge in [0.1, 0.15) is 0 Å². The number of benzene rings is 1. The number of fused-ring (bicyclic) bond motifs is 1. The second-order valence-electron chi connectivity index (χ2n) is 4.38. The predicted octanol–water partition coefficient (Wildman–Crippen LogP) is 3.14. The molecule has 0 aromatic heterocycles. The molecule has 2 aliphatic rings. The molecule has 0 fully saturated rings. The summed E-state index contributed by atoms with van der Waals surface area (Å²) >= 11 is 1.78. The fourth-order valence-electron chi connectivity index (χ4n) is 2.35. The summed E-state index contributed by atoms with van der Waals surface area (Å²) in [4.78, 5) is 13.7. The highest BCUT2D eigenvalue weighted by Gasteiger charge is 2.31. The van der Waals surface area contributed by atoms with Gasteiger partial charge in [-0.2, -0.15) is 0 Å². The van der Waals surface area contributed by atoms with Gasteiger partial charge in [0, 0.05) is 16.2 Å². The van der Waals surface area contributed by atoms with E-state index in [1.54, 1.807) is 18.0 Å². The number of rotatable bonds is 2. The molecule has 3 rings (SSSR count). The smallest absolute Gasteiger partial charge is 0.170 e. The first kappa shape index (κ1) is 10.9. The van der Waals surface area contributed by atoms with Crippen LogP contribution in [0.3, 0.4) is 0 Å². The van der Waals surface area contributed by atoms with Crippen molar-refractivity contribution in [3.05, 3.63) is 41.7 Å². The third-order valence-corrected chi connectivity index (χ3v) is 4.45. The molecule has 3 heteroatoms. The summed E-state index contributed by atoms with van der Waals surface area (Å²) in [6.45, 7) is 0.743. The highest BCUT2D eigenvalue weighted by atomic mass is 32.2. The molecule has 17 heavy (non-hydrogen) atoms. The summed E-state index contributed by atoms with van der Waals surface area (Å²) in [6.07, 6.45) is 3.48. The van der Waals surface area contributed by atoms with Crippen LogP contribution >= 0.6 is 11.8 Å². The van der Waals surface area contributed by atoms with Gasteiger partial charge in [0.25, 0.3) is 0 Å². The third kappa shape index (κ3) is 2.00. The Labute approximate surface area is 105 Å². The highest BCUT2D eigenvalue weighted by Crippen LogP contribution is 2.41. The van der Waals surface area contributed by atoms with Gasteiger partial charge in [-0.15, -0.1) is 11.8 Å². The number of Topliss-reactive ketones (excluding diaryl/α,β-unsaturated/α-hetero) is 1. The van der Waals surface area contributed by atoms with E-state index in [2.05, 4.69) is 12.1 Å². The number of hydrogen-bond donors (Lipinski definition) is 0. The van der Waals surface area contributed by atoms with Crippen molar-refractivity contribution in [2.24, 2.45) is 0 Å². The molecule has 0 bridgehead atoms. The van der Waals surface area contributed by atoms with E-state index in [-0.39, 0.29) is 11.7 Å². The Hall–Kier alpha value is -1.22. The topological polar surface area (TPSA) is 26.3 Å². The normalized spacial score (nSPS) is 22.6.